The molecule has 0 radical (unpaired) electrons. The predicted octanol–water partition coefficient (Wildman–Crippen LogP) is 2.87. The summed E-state index contributed by atoms with van der Waals surface area (Å²) in [4.78, 5) is 12.1. The summed E-state index contributed by atoms with van der Waals surface area (Å²) in [5.41, 5.74) is 6.35. The molecule has 5 heteroatoms. The Bertz CT molecular complexity index is 467. The van der Waals surface area contributed by atoms with Gasteiger partial charge in [0.05, 0.1) is 10.6 Å². The van der Waals surface area contributed by atoms with Gasteiger partial charge in [0.15, 0.2) is 0 Å². The van der Waals surface area contributed by atoms with Crippen molar-refractivity contribution in [1.82, 2.24) is 5.32 Å². The van der Waals surface area contributed by atoms with Crippen molar-refractivity contribution in [2.75, 3.05) is 0 Å². The molecule has 104 valence electrons. The van der Waals surface area contributed by atoms with E-state index in [0.717, 1.165) is 38.2 Å². The highest BCUT2D eigenvalue weighted by Crippen LogP contribution is 2.20. The average molecular weight is 285 g/mol. The Morgan fingerprint density at radius 1 is 1.32 bits per heavy atom. The van der Waals surface area contributed by atoms with Crippen LogP contribution in [-0.4, -0.2) is 18.0 Å². The monoisotopic (exact) mass is 284 g/mol. The highest BCUT2D eigenvalue weighted by atomic mass is 35.5. The fourth-order valence-corrected chi connectivity index (χ4v) is 2.69. The summed E-state index contributed by atoms with van der Waals surface area (Å²) in [6, 6.07) is 3.72. The summed E-state index contributed by atoms with van der Waals surface area (Å²) in [7, 11) is 0. The molecule has 0 bridgehead atoms. The van der Waals surface area contributed by atoms with Gasteiger partial charge in [-0.05, 0) is 31.0 Å². The van der Waals surface area contributed by atoms with Gasteiger partial charge in [0.1, 0.15) is 5.82 Å². The molecule has 2 rings (SSSR count). The third kappa shape index (κ3) is 3.67. The number of carbonyl (C=O) groups excluding carboxylic acids is 1. The molecule has 0 spiro atoms. The van der Waals surface area contributed by atoms with Crippen LogP contribution in [-0.2, 0) is 0 Å². The number of rotatable bonds is 2. The second kappa shape index (κ2) is 6.35. The van der Waals surface area contributed by atoms with Crippen LogP contribution in [0.25, 0.3) is 0 Å². The molecule has 2 atom stereocenters. The van der Waals surface area contributed by atoms with Crippen molar-refractivity contribution >= 4 is 17.5 Å². The minimum absolute atomic E-state index is 0.0225. The van der Waals surface area contributed by atoms with Crippen LogP contribution in [0.2, 0.25) is 5.02 Å². The van der Waals surface area contributed by atoms with Gasteiger partial charge in [-0.3, -0.25) is 4.79 Å². The minimum Gasteiger partial charge on any atom is -0.348 e. The third-order valence-electron chi connectivity index (χ3n) is 3.56. The van der Waals surface area contributed by atoms with Gasteiger partial charge in [-0.1, -0.05) is 30.9 Å². The van der Waals surface area contributed by atoms with Crippen LogP contribution in [0.15, 0.2) is 18.2 Å². The van der Waals surface area contributed by atoms with Crippen LogP contribution in [0.1, 0.15) is 42.5 Å². The van der Waals surface area contributed by atoms with Crippen molar-refractivity contribution in [2.45, 2.75) is 44.2 Å². The second-order valence-electron chi connectivity index (χ2n) is 5.01. The molecule has 1 aromatic carbocycles. The number of carbonyl (C=O) groups is 1. The van der Waals surface area contributed by atoms with Crippen molar-refractivity contribution in [3.63, 3.8) is 0 Å². The van der Waals surface area contributed by atoms with E-state index in [1.165, 1.54) is 12.1 Å². The molecule has 0 saturated heterocycles. The zero-order chi connectivity index (χ0) is 13.8. The lowest BCUT2D eigenvalue weighted by Crippen LogP contribution is -2.47. The van der Waals surface area contributed by atoms with Crippen molar-refractivity contribution in [3.8, 4) is 0 Å². The molecule has 1 aromatic rings. The van der Waals surface area contributed by atoms with Crippen LogP contribution in [0.3, 0.4) is 0 Å². The van der Waals surface area contributed by atoms with Gasteiger partial charge in [-0.25, -0.2) is 4.39 Å². The lowest BCUT2D eigenvalue weighted by Gasteiger charge is -2.22. The maximum absolute atomic E-state index is 12.9. The molecule has 19 heavy (non-hydrogen) atoms. The second-order valence-corrected chi connectivity index (χ2v) is 5.41. The number of hydrogen-bond donors (Lipinski definition) is 2. The maximum atomic E-state index is 12.9. The molecule has 3 nitrogen and oxygen atoms in total. The molecule has 1 fully saturated rings. The number of nitrogens with two attached hydrogens (primary N) is 1. The molecular formula is C14H18ClFN2O. The molecule has 1 amide bonds. The van der Waals surface area contributed by atoms with E-state index in [-0.39, 0.29) is 23.0 Å². The Hall–Kier alpha value is -1.13. The van der Waals surface area contributed by atoms with Crippen LogP contribution in [0.5, 0.6) is 0 Å². The van der Waals surface area contributed by atoms with E-state index in [0.29, 0.717) is 5.56 Å². The van der Waals surface area contributed by atoms with Crippen LogP contribution < -0.4 is 11.1 Å². The average Bonchev–Trinajstić information content (AvgIpc) is 2.55. The number of nitrogens with one attached hydrogen (secondary N) is 1. The Morgan fingerprint density at radius 3 is 2.79 bits per heavy atom. The lowest BCUT2D eigenvalue weighted by atomic mass is 10.0. The van der Waals surface area contributed by atoms with E-state index in [9.17, 15) is 9.18 Å². The molecule has 3 N–H and O–H groups in total. The van der Waals surface area contributed by atoms with Crippen LogP contribution in [0.4, 0.5) is 4.39 Å². The van der Waals surface area contributed by atoms with E-state index in [2.05, 4.69) is 5.32 Å². The molecule has 0 aliphatic heterocycles. The quantitative estimate of drug-likeness (QED) is 0.821. The van der Waals surface area contributed by atoms with Crippen molar-refractivity contribution in [1.29, 1.82) is 0 Å². The smallest absolute Gasteiger partial charge is 0.253 e. The predicted molar refractivity (Wildman–Crippen MR) is 73.7 cm³/mol. The standard InChI is InChI=1S/C14H18ClFN2O/c15-11-8-9(16)6-7-10(11)14(19)18-13-5-3-1-2-4-12(13)17/h6-8,12-13H,1-5,17H2,(H,18,19). The third-order valence-corrected chi connectivity index (χ3v) is 3.87. The molecule has 0 heterocycles. The summed E-state index contributed by atoms with van der Waals surface area (Å²) in [6.45, 7) is 0. The fourth-order valence-electron chi connectivity index (χ4n) is 2.44. The first-order valence-electron chi connectivity index (χ1n) is 6.59. The van der Waals surface area contributed by atoms with Gasteiger partial charge in [0.25, 0.3) is 5.91 Å². The Balaban J connectivity index is 2.07. The SMILES string of the molecule is NC1CCCCCC1NC(=O)c1ccc(F)cc1Cl. The summed E-state index contributed by atoms with van der Waals surface area (Å²) < 4.78 is 12.9. The van der Waals surface area contributed by atoms with Gasteiger partial charge in [-0.2, -0.15) is 0 Å². The normalized spacial score (nSPS) is 23.7. The number of amides is 1. The summed E-state index contributed by atoms with van der Waals surface area (Å²) >= 11 is 5.88. The van der Waals surface area contributed by atoms with Gasteiger partial charge >= 0.3 is 0 Å². The number of hydrogen-bond acceptors (Lipinski definition) is 2. The molecule has 2 unspecified atom stereocenters. The summed E-state index contributed by atoms with van der Waals surface area (Å²) in [6.07, 6.45) is 5.12. The van der Waals surface area contributed by atoms with Crippen LogP contribution >= 0.6 is 11.6 Å². The largest absolute Gasteiger partial charge is 0.348 e. The Kier molecular flexibility index (Phi) is 4.77. The van der Waals surface area contributed by atoms with Gasteiger partial charge in [-0.15, -0.1) is 0 Å². The van der Waals surface area contributed by atoms with Crippen molar-refractivity contribution in [2.24, 2.45) is 5.73 Å². The lowest BCUT2D eigenvalue weighted by molar-refractivity contribution is 0.0929. The molecule has 1 aliphatic rings. The molecule has 0 aromatic heterocycles. The van der Waals surface area contributed by atoms with E-state index < -0.39 is 5.82 Å². The summed E-state index contributed by atoms with van der Waals surface area (Å²) in [5.74, 6) is -0.736. The maximum Gasteiger partial charge on any atom is 0.253 e. The summed E-state index contributed by atoms with van der Waals surface area (Å²) in [5, 5.41) is 3.04. The topological polar surface area (TPSA) is 55.1 Å². The Labute approximate surface area is 117 Å². The van der Waals surface area contributed by atoms with E-state index in [4.69, 9.17) is 17.3 Å². The first kappa shape index (κ1) is 14.3. The van der Waals surface area contributed by atoms with Gasteiger partial charge in [0, 0.05) is 12.1 Å². The van der Waals surface area contributed by atoms with Crippen molar-refractivity contribution < 1.29 is 9.18 Å². The number of benzene rings is 1. The molecule has 1 aliphatic carbocycles. The number of halogens is 2. The minimum atomic E-state index is -0.451. The molecule has 1 saturated carbocycles. The van der Waals surface area contributed by atoms with E-state index in [1.807, 2.05) is 0 Å². The van der Waals surface area contributed by atoms with Crippen molar-refractivity contribution in [3.05, 3.63) is 34.6 Å². The first-order chi connectivity index (χ1) is 9.08. The van der Waals surface area contributed by atoms with E-state index in [1.54, 1.807) is 0 Å². The van der Waals surface area contributed by atoms with Gasteiger partial charge in [0.2, 0.25) is 0 Å². The Morgan fingerprint density at radius 2 is 2.05 bits per heavy atom. The van der Waals surface area contributed by atoms with Gasteiger partial charge < -0.3 is 11.1 Å². The zero-order valence-corrected chi connectivity index (χ0v) is 11.4. The highest BCUT2D eigenvalue weighted by molar-refractivity contribution is 6.33. The van der Waals surface area contributed by atoms with Crippen LogP contribution in [0, 0.1) is 5.82 Å². The highest BCUT2D eigenvalue weighted by Gasteiger charge is 2.23. The van der Waals surface area contributed by atoms with E-state index >= 15 is 0 Å². The molecular weight excluding hydrogens is 267 g/mol. The first-order valence-corrected chi connectivity index (χ1v) is 6.97. The zero-order valence-electron chi connectivity index (χ0n) is 10.7. The fraction of sp³-hybridized carbons (Fsp3) is 0.500.